The maximum atomic E-state index is 14.4. The molecule has 182 valence electrons. The largest absolute Gasteiger partial charge is 0.382 e. The zero-order chi connectivity index (χ0) is 25.7. The van der Waals surface area contributed by atoms with Crippen LogP contribution in [-0.2, 0) is 0 Å². The molecule has 0 saturated heterocycles. The number of pyridine rings is 1. The van der Waals surface area contributed by atoms with E-state index < -0.39 is 11.9 Å². The number of amides is 1. The second-order valence-electron chi connectivity index (χ2n) is 8.09. The number of likely N-dealkylation sites (N-methyl/N-ethyl adjacent to an activating group) is 1. The molecule has 0 aliphatic heterocycles. The Morgan fingerprint density at radius 3 is 2.67 bits per heavy atom. The highest BCUT2D eigenvalue weighted by Crippen LogP contribution is 2.36. The average Bonchev–Trinajstić information content (AvgIpc) is 2.88. The molecule has 0 unspecified atom stereocenters. The van der Waals surface area contributed by atoms with Crippen molar-refractivity contribution < 1.29 is 9.18 Å². The summed E-state index contributed by atoms with van der Waals surface area (Å²) >= 11 is 0. The molecule has 2 aromatic carbocycles. The van der Waals surface area contributed by atoms with Crippen molar-refractivity contribution in [2.75, 3.05) is 31.2 Å². The Kier molecular flexibility index (Phi) is 7.32. The summed E-state index contributed by atoms with van der Waals surface area (Å²) in [6.45, 7) is 2.80. The summed E-state index contributed by atoms with van der Waals surface area (Å²) in [4.78, 5) is 26.4. The number of nitrogen functional groups attached to an aromatic ring is 1. The Hall–Kier alpha value is -4.62. The molecule has 2 heterocycles. The molecule has 0 aliphatic rings. The van der Waals surface area contributed by atoms with Gasteiger partial charge in [0, 0.05) is 24.0 Å². The van der Waals surface area contributed by atoms with Gasteiger partial charge in [-0.3, -0.25) is 4.79 Å². The van der Waals surface area contributed by atoms with Gasteiger partial charge in [0.15, 0.2) is 0 Å². The van der Waals surface area contributed by atoms with E-state index in [0.717, 1.165) is 5.56 Å². The average molecular weight is 485 g/mol. The minimum absolute atomic E-state index is 0.0528. The monoisotopic (exact) mass is 484 g/mol. The van der Waals surface area contributed by atoms with Crippen LogP contribution < -0.4 is 21.7 Å². The maximum Gasteiger partial charge on any atom is 0.252 e. The number of benzene rings is 2. The Labute approximate surface area is 207 Å². The lowest BCUT2D eigenvalue weighted by Gasteiger charge is -2.22. The number of nitrogens with zero attached hydrogens (tertiary/aromatic N) is 4. The number of hydrogen-bond donors (Lipinski definition) is 4. The predicted molar refractivity (Wildman–Crippen MR) is 137 cm³/mol. The zero-order valence-corrected chi connectivity index (χ0v) is 19.8. The number of nitriles is 1. The van der Waals surface area contributed by atoms with Crippen LogP contribution in [0.1, 0.15) is 34.6 Å². The maximum absolute atomic E-state index is 14.4. The van der Waals surface area contributed by atoms with Crippen LogP contribution in [0.5, 0.6) is 0 Å². The smallest absolute Gasteiger partial charge is 0.252 e. The van der Waals surface area contributed by atoms with E-state index in [9.17, 15) is 14.4 Å². The van der Waals surface area contributed by atoms with Crippen molar-refractivity contribution in [3.8, 4) is 17.2 Å². The lowest BCUT2D eigenvalue weighted by molar-refractivity contribution is 0.0956. The molecule has 0 aliphatic carbocycles. The molecule has 0 spiro atoms. The zero-order valence-electron chi connectivity index (χ0n) is 19.8. The first-order chi connectivity index (χ1) is 17.4. The van der Waals surface area contributed by atoms with Crippen molar-refractivity contribution in [2.45, 2.75) is 13.0 Å². The lowest BCUT2D eigenvalue weighted by atomic mass is 9.91. The predicted octanol–water partition coefficient (Wildman–Crippen LogP) is 3.41. The van der Waals surface area contributed by atoms with Gasteiger partial charge in [0.25, 0.3) is 5.91 Å². The number of carbonyl (C=O) groups excluding carboxylic acids is 1. The number of rotatable bonds is 8. The molecule has 5 N–H and O–H groups in total. The molecule has 10 heteroatoms. The van der Waals surface area contributed by atoms with Gasteiger partial charge < -0.3 is 21.7 Å². The summed E-state index contributed by atoms with van der Waals surface area (Å²) < 4.78 is 14.4. The number of hydrogen-bond acceptors (Lipinski definition) is 8. The molecule has 1 atom stereocenters. The number of fused-ring (bicyclic) bond motifs is 1. The van der Waals surface area contributed by atoms with E-state index in [1.54, 1.807) is 13.1 Å². The number of carbonyl (C=O) groups is 1. The van der Waals surface area contributed by atoms with Gasteiger partial charge in [-0.25, -0.2) is 19.3 Å². The van der Waals surface area contributed by atoms with E-state index >= 15 is 0 Å². The second-order valence-corrected chi connectivity index (χ2v) is 8.09. The van der Waals surface area contributed by atoms with Gasteiger partial charge in [0.1, 0.15) is 35.4 Å². The Morgan fingerprint density at radius 2 is 1.94 bits per heavy atom. The van der Waals surface area contributed by atoms with E-state index in [4.69, 9.17) is 10.7 Å². The number of halogens is 1. The lowest BCUT2D eigenvalue weighted by Crippen LogP contribution is -2.31. The second kappa shape index (κ2) is 10.8. The van der Waals surface area contributed by atoms with Crippen molar-refractivity contribution in [3.63, 3.8) is 0 Å². The summed E-state index contributed by atoms with van der Waals surface area (Å²) in [6, 6.07) is 15.0. The minimum Gasteiger partial charge on any atom is -0.382 e. The van der Waals surface area contributed by atoms with Gasteiger partial charge in [-0.15, -0.1) is 0 Å². The molecule has 0 fully saturated rings. The first-order valence-corrected chi connectivity index (χ1v) is 11.3. The van der Waals surface area contributed by atoms with E-state index in [2.05, 4.69) is 25.9 Å². The fraction of sp³-hybridized carbons (Fsp3) is 0.192. The quantitative estimate of drug-likeness (QED) is 0.279. The third-order valence-electron chi connectivity index (χ3n) is 5.68. The van der Waals surface area contributed by atoms with Gasteiger partial charge >= 0.3 is 0 Å². The summed E-state index contributed by atoms with van der Waals surface area (Å²) in [5.41, 5.74) is 8.55. The van der Waals surface area contributed by atoms with Crippen molar-refractivity contribution in [1.29, 1.82) is 5.26 Å². The fourth-order valence-electron chi connectivity index (χ4n) is 3.98. The van der Waals surface area contributed by atoms with Crippen LogP contribution in [0.4, 0.5) is 16.0 Å². The third-order valence-corrected chi connectivity index (χ3v) is 5.68. The topological polar surface area (TPSA) is 142 Å². The molecular formula is C26H25FN8O. The minimum atomic E-state index is -0.514. The van der Waals surface area contributed by atoms with Crippen LogP contribution in [0.25, 0.3) is 22.0 Å². The van der Waals surface area contributed by atoms with Crippen LogP contribution in [0.2, 0.25) is 0 Å². The molecule has 0 saturated carbocycles. The van der Waals surface area contributed by atoms with Crippen LogP contribution in [0.15, 0.2) is 54.9 Å². The van der Waals surface area contributed by atoms with E-state index in [-0.39, 0.29) is 23.1 Å². The summed E-state index contributed by atoms with van der Waals surface area (Å²) in [5, 5.41) is 19.0. The van der Waals surface area contributed by atoms with Crippen molar-refractivity contribution in [1.82, 2.24) is 25.6 Å². The van der Waals surface area contributed by atoms with Gasteiger partial charge in [0.05, 0.1) is 22.8 Å². The van der Waals surface area contributed by atoms with Crippen LogP contribution >= 0.6 is 0 Å². The first kappa shape index (κ1) is 24.5. The van der Waals surface area contributed by atoms with Crippen molar-refractivity contribution >= 4 is 28.4 Å². The highest BCUT2D eigenvalue weighted by Gasteiger charge is 2.26. The summed E-state index contributed by atoms with van der Waals surface area (Å²) in [6.07, 6.45) is 1.26. The number of aromatic nitrogens is 3. The highest BCUT2D eigenvalue weighted by molar-refractivity contribution is 6.12. The summed E-state index contributed by atoms with van der Waals surface area (Å²) in [7, 11) is 1.79. The molecule has 2 aromatic heterocycles. The van der Waals surface area contributed by atoms with Gasteiger partial charge in [-0.1, -0.05) is 30.3 Å². The molecule has 0 radical (unpaired) electrons. The highest BCUT2D eigenvalue weighted by atomic mass is 19.1. The fourth-order valence-corrected chi connectivity index (χ4v) is 3.98. The van der Waals surface area contributed by atoms with E-state index in [0.29, 0.717) is 40.8 Å². The normalized spacial score (nSPS) is 11.6. The molecule has 4 rings (SSSR count). The Morgan fingerprint density at radius 1 is 1.17 bits per heavy atom. The molecule has 36 heavy (non-hydrogen) atoms. The van der Waals surface area contributed by atoms with E-state index in [1.807, 2.05) is 43.3 Å². The van der Waals surface area contributed by atoms with Crippen molar-refractivity contribution in [3.05, 3.63) is 77.5 Å². The standard InChI is InChI=1S/C26H25FN8O/c1-15(34-25-19(13-28)24(29)32-14-33-25)23-21(16-6-4-3-5-7-16)22(26(36)31-11-10-30-2)18-12-17(27)8-9-20(18)35-23/h3-9,12,14-15,30H,10-11H2,1-2H3,(H,31,36)(H3,29,32,33,34)/t15-/m0/s1. The summed E-state index contributed by atoms with van der Waals surface area (Å²) in [5.74, 6) is -0.518. The van der Waals surface area contributed by atoms with E-state index in [1.165, 1.54) is 18.5 Å². The molecule has 1 amide bonds. The molecular weight excluding hydrogens is 459 g/mol. The molecule has 4 aromatic rings. The Bertz CT molecular complexity index is 1450. The number of nitrogens with two attached hydrogens (primary N) is 1. The van der Waals surface area contributed by atoms with Crippen LogP contribution in [-0.4, -0.2) is 41.0 Å². The number of anilines is 2. The third kappa shape index (κ3) is 4.92. The van der Waals surface area contributed by atoms with Gasteiger partial charge in [-0.2, -0.15) is 5.26 Å². The SMILES string of the molecule is CNCCNC(=O)c1c(-c2ccccc2)c([C@H](C)Nc2ncnc(N)c2C#N)nc2ccc(F)cc12. The number of nitrogens with one attached hydrogen (secondary N) is 3. The van der Waals surface area contributed by atoms with Gasteiger partial charge in [0.2, 0.25) is 0 Å². The molecule has 0 bridgehead atoms. The van der Waals surface area contributed by atoms with Crippen LogP contribution in [0, 0.1) is 17.1 Å². The first-order valence-electron chi connectivity index (χ1n) is 11.3. The Balaban J connectivity index is 1.95. The van der Waals surface area contributed by atoms with Crippen molar-refractivity contribution in [2.24, 2.45) is 0 Å². The molecule has 9 nitrogen and oxygen atoms in total. The van der Waals surface area contributed by atoms with Crippen LogP contribution in [0.3, 0.4) is 0 Å². The van der Waals surface area contributed by atoms with Gasteiger partial charge in [-0.05, 0) is 37.7 Å².